The molecule has 2 heterocycles. The first-order valence-corrected chi connectivity index (χ1v) is 6.98. The molecule has 1 amide bonds. The zero-order valence-corrected chi connectivity index (χ0v) is 12.8. The molecule has 0 fully saturated rings. The molecule has 0 saturated heterocycles. The van der Waals surface area contributed by atoms with Gasteiger partial charge in [0.1, 0.15) is 11.7 Å². The van der Waals surface area contributed by atoms with E-state index in [0.717, 1.165) is 12.2 Å². The van der Waals surface area contributed by atoms with Gasteiger partial charge in [-0.05, 0) is 26.0 Å². The number of carboxylic acid groups (broad SMARTS) is 1. The van der Waals surface area contributed by atoms with Crippen LogP contribution in [0.4, 0.5) is 0 Å². The zero-order chi connectivity index (χ0) is 16.3. The van der Waals surface area contributed by atoms with E-state index in [4.69, 9.17) is 5.11 Å². The van der Waals surface area contributed by atoms with Crippen LogP contribution in [-0.4, -0.2) is 48.5 Å². The van der Waals surface area contributed by atoms with E-state index in [0.29, 0.717) is 6.54 Å². The van der Waals surface area contributed by atoms with Crippen LogP contribution in [0, 0.1) is 0 Å². The molecule has 0 radical (unpaired) electrons. The summed E-state index contributed by atoms with van der Waals surface area (Å²) < 4.78 is 3.05. The van der Waals surface area contributed by atoms with Crippen LogP contribution in [0.2, 0.25) is 0 Å². The summed E-state index contributed by atoms with van der Waals surface area (Å²) in [5.74, 6) is -1.28. The van der Waals surface area contributed by atoms with Crippen molar-refractivity contribution in [2.45, 2.75) is 33.0 Å². The molecule has 118 valence electrons. The molecule has 1 N–H and O–H groups in total. The molecular weight excluding hydrogens is 286 g/mol. The normalized spacial score (nSPS) is 12.1. The highest BCUT2D eigenvalue weighted by atomic mass is 16.4. The van der Waals surface area contributed by atoms with Crippen LogP contribution in [0.25, 0.3) is 0 Å². The molecule has 8 heteroatoms. The van der Waals surface area contributed by atoms with Gasteiger partial charge in [0.05, 0.1) is 12.2 Å². The number of aryl methyl sites for hydroxylation is 1. The third-order valence-corrected chi connectivity index (χ3v) is 3.35. The fraction of sp³-hybridized carbons (Fsp3) is 0.429. The summed E-state index contributed by atoms with van der Waals surface area (Å²) in [4.78, 5) is 24.7. The second-order valence-corrected chi connectivity index (χ2v) is 5.02. The summed E-state index contributed by atoms with van der Waals surface area (Å²) in [6.45, 7) is 4.63. The summed E-state index contributed by atoms with van der Waals surface area (Å²) in [6.07, 6.45) is 3.35. The van der Waals surface area contributed by atoms with Gasteiger partial charge in [-0.1, -0.05) is 0 Å². The summed E-state index contributed by atoms with van der Waals surface area (Å²) >= 11 is 0. The van der Waals surface area contributed by atoms with Crippen molar-refractivity contribution in [3.8, 4) is 0 Å². The standard InChI is InChI=1S/C14H19N5O3/c1-4-18-7-5-11(15-18)9-17(3)13(20)12-6-8-19(16-12)10(2)14(21)22/h5-8,10H,4,9H2,1-3H3,(H,21,22). The Morgan fingerprint density at radius 2 is 2.05 bits per heavy atom. The quantitative estimate of drug-likeness (QED) is 0.860. The van der Waals surface area contributed by atoms with Gasteiger partial charge in [-0.2, -0.15) is 10.2 Å². The molecule has 0 saturated carbocycles. The predicted octanol–water partition coefficient (Wildman–Crippen LogP) is 1.02. The van der Waals surface area contributed by atoms with E-state index in [1.807, 2.05) is 19.2 Å². The Morgan fingerprint density at radius 1 is 1.32 bits per heavy atom. The van der Waals surface area contributed by atoms with E-state index in [1.165, 1.54) is 28.8 Å². The average Bonchev–Trinajstić information content (AvgIpc) is 3.14. The Kier molecular flexibility index (Phi) is 4.59. The Balaban J connectivity index is 2.05. The maximum Gasteiger partial charge on any atom is 0.328 e. The SMILES string of the molecule is CCn1ccc(CN(C)C(=O)c2ccn(C(C)C(=O)O)n2)n1. The molecule has 1 unspecified atom stereocenters. The van der Waals surface area contributed by atoms with Crippen LogP contribution < -0.4 is 0 Å². The molecule has 0 spiro atoms. The lowest BCUT2D eigenvalue weighted by Gasteiger charge is -2.14. The monoisotopic (exact) mass is 305 g/mol. The Bertz CT molecular complexity index is 676. The Hall–Kier alpha value is -2.64. The third-order valence-electron chi connectivity index (χ3n) is 3.35. The molecule has 0 aromatic carbocycles. The van der Waals surface area contributed by atoms with Gasteiger partial charge in [-0.25, -0.2) is 4.79 Å². The zero-order valence-electron chi connectivity index (χ0n) is 12.8. The number of hydrogen-bond acceptors (Lipinski definition) is 4. The fourth-order valence-corrected chi connectivity index (χ4v) is 1.96. The van der Waals surface area contributed by atoms with E-state index in [1.54, 1.807) is 11.7 Å². The lowest BCUT2D eigenvalue weighted by Crippen LogP contribution is -2.27. The Morgan fingerprint density at radius 3 is 2.64 bits per heavy atom. The molecule has 0 bridgehead atoms. The first kappa shape index (κ1) is 15.7. The van der Waals surface area contributed by atoms with E-state index in [2.05, 4.69) is 10.2 Å². The van der Waals surface area contributed by atoms with Gasteiger partial charge in [-0.3, -0.25) is 14.2 Å². The highest BCUT2D eigenvalue weighted by Gasteiger charge is 2.19. The number of amides is 1. The number of hydrogen-bond donors (Lipinski definition) is 1. The van der Waals surface area contributed by atoms with Crippen LogP contribution in [-0.2, 0) is 17.9 Å². The maximum atomic E-state index is 12.3. The van der Waals surface area contributed by atoms with Crippen molar-refractivity contribution in [1.82, 2.24) is 24.5 Å². The van der Waals surface area contributed by atoms with E-state index in [9.17, 15) is 9.59 Å². The van der Waals surface area contributed by atoms with Gasteiger partial charge in [0.15, 0.2) is 0 Å². The van der Waals surface area contributed by atoms with Crippen LogP contribution in [0.1, 0.15) is 36.1 Å². The number of aromatic nitrogens is 4. The number of rotatable bonds is 6. The second-order valence-electron chi connectivity index (χ2n) is 5.02. The molecule has 0 aliphatic heterocycles. The minimum atomic E-state index is -0.999. The first-order chi connectivity index (χ1) is 10.4. The fourth-order valence-electron chi connectivity index (χ4n) is 1.96. The van der Waals surface area contributed by atoms with E-state index < -0.39 is 12.0 Å². The summed E-state index contributed by atoms with van der Waals surface area (Å²) in [7, 11) is 1.66. The summed E-state index contributed by atoms with van der Waals surface area (Å²) in [5.41, 5.74) is 1.00. The molecule has 8 nitrogen and oxygen atoms in total. The van der Waals surface area contributed by atoms with Gasteiger partial charge in [0, 0.05) is 26.0 Å². The van der Waals surface area contributed by atoms with E-state index >= 15 is 0 Å². The lowest BCUT2D eigenvalue weighted by atomic mass is 10.3. The lowest BCUT2D eigenvalue weighted by molar-refractivity contribution is -0.140. The summed E-state index contributed by atoms with van der Waals surface area (Å²) in [5, 5.41) is 17.3. The van der Waals surface area contributed by atoms with Crippen molar-refractivity contribution in [3.05, 3.63) is 35.9 Å². The van der Waals surface area contributed by atoms with Crippen molar-refractivity contribution in [1.29, 1.82) is 0 Å². The molecular formula is C14H19N5O3. The van der Waals surface area contributed by atoms with Crippen LogP contribution in [0.15, 0.2) is 24.5 Å². The van der Waals surface area contributed by atoms with Gasteiger partial charge in [-0.15, -0.1) is 0 Å². The minimum Gasteiger partial charge on any atom is -0.480 e. The van der Waals surface area contributed by atoms with Crippen molar-refractivity contribution in [2.75, 3.05) is 7.05 Å². The molecule has 0 aliphatic carbocycles. The summed E-state index contributed by atoms with van der Waals surface area (Å²) in [6, 6.07) is 2.56. The third kappa shape index (κ3) is 3.33. The Labute approximate surface area is 127 Å². The van der Waals surface area contributed by atoms with Crippen LogP contribution in [0.5, 0.6) is 0 Å². The number of carboxylic acids is 1. The van der Waals surface area contributed by atoms with Crippen LogP contribution in [0.3, 0.4) is 0 Å². The molecule has 2 aromatic heterocycles. The van der Waals surface area contributed by atoms with Crippen molar-refractivity contribution in [3.63, 3.8) is 0 Å². The maximum absolute atomic E-state index is 12.3. The number of carbonyl (C=O) groups is 2. The molecule has 2 aromatic rings. The molecule has 0 aliphatic rings. The molecule has 2 rings (SSSR count). The van der Waals surface area contributed by atoms with Gasteiger partial charge in [0.2, 0.25) is 0 Å². The topological polar surface area (TPSA) is 93.2 Å². The highest BCUT2D eigenvalue weighted by Crippen LogP contribution is 2.09. The number of carbonyl (C=O) groups excluding carboxylic acids is 1. The minimum absolute atomic E-state index is 0.213. The van der Waals surface area contributed by atoms with Crippen molar-refractivity contribution in [2.24, 2.45) is 0 Å². The highest BCUT2D eigenvalue weighted by molar-refractivity contribution is 5.92. The van der Waals surface area contributed by atoms with Crippen LogP contribution >= 0.6 is 0 Å². The van der Waals surface area contributed by atoms with Gasteiger partial charge in [0.25, 0.3) is 5.91 Å². The van der Waals surface area contributed by atoms with Gasteiger partial charge >= 0.3 is 5.97 Å². The van der Waals surface area contributed by atoms with Crippen molar-refractivity contribution >= 4 is 11.9 Å². The second kappa shape index (κ2) is 6.42. The van der Waals surface area contributed by atoms with Crippen molar-refractivity contribution < 1.29 is 14.7 Å². The largest absolute Gasteiger partial charge is 0.480 e. The average molecular weight is 305 g/mol. The first-order valence-electron chi connectivity index (χ1n) is 6.98. The number of nitrogens with zero attached hydrogens (tertiary/aromatic N) is 5. The smallest absolute Gasteiger partial charge is 0.328 e. The number of aliphatic carboxylic acids is 1. The molecule has 22 heavy (non-hydrogen) atoms. The van der Waals surface area contributed by atoms with E-state index in [-0.39, 0.29) is 11.6 Å². The van der Waals surface area contributed by atoms with Gasteiger partial charge < -0.3 is 10.0 Å². The molecule has 1 atom stereocenters. The predicted molar refractivity (Wildman–Crippen MR) is 78.3 cm³/mol.